The Bertz CT molecular complexity index is 341. The maximum atomic E-state index is 6.27. The molecular formula is C19H37NO2. The summed E-state index contributed by atoms with van der Waals surface area (Å²) in [7, 11) is 2.21. The SMILES string of the molecule is CN(CCC(C)(C)C)CC1CC2OC(CC(C)(C)C)CC2O1. The Kier molecular flexibility index (Phi) is 5.62. The first-order valence-electron chi connectivity index (χ1n) is 9.01. The summed E-state index contributed by atoms with van der Waals surface area (Å²) in [6.45, 7) is 16.0. The molecule has 0 aromatic carbocycles. The van der Waals surface area contributed by atoms with Gasteiger partial charge in [0.25, 0.3) is 0 Å². The van der Waals surface area contributed by atoms with Crippen molar-refractivity contribution in [1.82, 2.24) is 4.90 Å². The van der Waals surface area contributed by atoms with Crippen molar-refractivity contribution < 1.29 is 9.47 Å². The largest absolute Gasteiger partial charge is 0.372 e. The van der Waals surface area contributed by atoms with Crippen molar-refractivity contribution >= 4 is 0 Å². The molecule has 0 aromatic heterocycles. The number of hydrogen-bond donors (Lipinski definition) is 0. The molecule has 4 unspecified atom stereocenters. The molecule has 2 aliphatic heterocycles. The van der Waals surface area contributed by atoms with Crippen molar-refractivity contribution in [3.05, 3.63) is 0 Å². The highest BCUT2D eigenvalue weighted by Crippen LogP contribution is 2.38. The third kappa shape index (κ3) is 5.82. The van der Waals surface area contributed by atoms with Crippen LogP contribution in [0.25, 0.3) is 0 Å². The van der Waals surface area contributed by atoms with Crippen molar-refractivity contribution in [2.45, 2.75) is 91.6 Å². The molecule has 0 amide bonds. The van der Waals surface area contributed by atoms with Gasteiger partial charge in [0.2, 0.25) is 0 Å². The van der Waals surface area contributed by atoms with Crippen LogP contribution < -0.4 is 0 Å². The van der Waals surface area contributed by atoms with Gasteiger partial charge in [-0.3, -0.25) is 0 Å². The van der Waals surface area contributed by atoms with Crippen molar-refractivity contribution in [2.24, 2.45) is 10.8 Å². The number of nitrogens with zero attached hydrogens (tertiary/aromatic N) is 1. The minimum atomic E-state index is 0.341. The molecule has 0 bridgehead atoms. The number of likely N-dealkylation sites (N-methyl/N-ethyl adjacent to an activating group) is 1. The van der Waals surface area contributed by atoms with E-state index in [2.05, 4.69) is 53.5 Å². The quantitative estimate of drug-likeness (QED) is 0.763. The lowest BCUT2D eigenvalue weighted by Gasteiger charge is -2.26. The number of hydrogen-bond acceptors (Lipinski definition) is 3. The molecule has 0 radical (unpaired) electrons. The van der Waals surface area contributed by atoms with Crippen LogP contribution in [0, 0.1) is 10.8 Å². The molecular weight excluding hydrogens is 274 g/mol. The molecule has 130 valence electrons. The Morgan fingerprint density at radius 2 is 1.41 bits per heavy atom. The summed E-state index contributed by atoms with van der Waals surface area (Å²) in [6.07, 6.45) is 5.97. The first-order chi connectivity index (χ1) is 10.0. The predicted molar refractivity (Wildman–Crippen MR) is 92.2 cm³/mol. The average molecular weight is 312 g/mol. The lowest BCUT2D eigenvalue weighted by molar-refractivity contribution is 0.0198. The van der Waals surface area contributed by atoms with Gasteiger partial charge in [0, 0.05) is 19.4 Å². The highest BCUT2D eigenvalue weighted by atomic mass is 16.6. The highest BCUT2D eigenvalue weighted by molar-refractivity contribution is 4.93. The lowest BCUT2D eigenvalue weighted by atomic mass is 9.88. The van der Waals surface area contributed by atoms with Gasteiger partial charge in [0.05, 0.1) is 24.4 Å². The van der Waals surface area contributed by atoms with Gasteiger partial charge >= 0.3 is 0 Å². The second kappa shape index (κ2) is 6.78. The van der Waals surface area contributed by atoms with Gasteiger partial charge < -0.3 is 14.4 Å². The molecule has 0 aliphatic carbocycles. The van der Waals surface area contributed by atoms with Crippen LogP contribution in [0.15, 0.2) is 0 Å². The number of ether oxygens (including phenoxy) is 2. The summed E-state index contributed by atoms with van der Waals surface area (Å²) in [5, 5.41) is 0. The Morgan fingerprint density at radius 3 is 1.95 bits per heavy atom. The maximum Gasteiger partial charge on any atom is 0.0866 e. The van der Waals surface area contributed by atoms with E-state index in [9.17, 15) is 0 Å². The van der Waals surface area contributed by atoms with E-state index in [-0.39, 0.29) is 0 Å². The second-order valence-electron chi connectivity index (χ2n) is 9.90. The van der Waals surface area contributed by atoms with E-state index >= 15 is 0 Å². The molecule has 0 spiro atoms. The van der Waals surface area contributed by atoms with Crippen LogP contribution in [-0.2, 0) is 9.47 Å². The van der Waals surface area contributed by atoms with E-state index in [1.165, 1.54) is 6.42 Å². The maximum absolute atomic E-state index is 6.27. The standard InChI is InChI=1S/C19H37NO2/c1-18(2,3)8-9-20(7)13-15-11-17-16(22-15)10-14(21-17)12-19(4,5)6/h14-17H,8-13H2,1-7H3. The Balaban J connectivity index is 1.70. The zero-order valence-corrected chi connectivity index (χ0v) is 15.8. The van der Waals surface area contributed by atoms with Gasteiger partial charge in [-0.2, -0.15) is 0 Å². The smallest absolute Gasteiger partial charge is 0.0866 e. The first-order valence-corrected chi connectivity index (χ1v) is 9.01. The third-order valence-electron chi connectivity index (χ3n) is 4.74. The zero-order chi connectivity index (χ0) is 16.5. The average Bonchev–Trinajstić information content (AvgIpc) is 2.80. The molecule has 2 rings (SSSR count). The van der Waals surface area contributed by atoms with Gasteiger partial charge in [-0.15, -0.1) is 0 Å². The molecule has 3 heteroatoms. The molecule has 2 saturated heterocycles. The van der Waals surface area contributed by atoms with Crippen LogP contribution in [0.5, 0.6) is 0 Å². The lowest BCUT2D eigenvalue weighted by Crippen LogP contribution is -2.32. The molecule has 2 aliphatic rings. The second-order valence-corrected chi connectivity index (χ2v) is 9.90. The number of fused-ring (bicyclic) bond motifs is 1. The van der Waals surface area contributed by atoms with Crippen LogP contribution in [0.4, 0.5) is 0 Å². The third-order valence-corrected chi connectivity index (χ3v) is 4.74. The summed E-state index contributed by atoms with van der Waals surface area (Å²) >= 11 is 0. The minimum absolute atomic E-state index is 0.341. The molecule has 4 atom stereocenters. The molecule has 22 heavy (non-hydrogen) atoms. The van der Waals surface area contributed by atoms with Crippen LogP contribution in [0.1, 0.15) is 67.2 Å². The molecule has 0 saturated carbocycles. The fraction of sp³-hybridized carbons (Fsp3) is 1.00. The fourth-order valence-corrected chi connectivity index (χ4v) is 3.61. The monoisotopic (exact) mass is 311 g/mol. The molecule has 0 N–H and O–H groups in total. The van der Waals surface area contributed by atoms with Crippen molar-refractivity contribution in [1.29, 1.82) is 0 Å². The summed E-state index contributed by atoms with van der Waals surface area (Å²) in [4.78, 5) is 2.42. The molecule has 2 fully saturated rings. The zero-order valence-electron chi connectivity index (χ0n) is 15.8. The Hall–Kier alpha value is -0.120. The predicted octanol–water partition coefficient (Wildman–Crippen LogP) is 4.11. The summed E-state index contributed by atoms with van der Waals surface area (Å²) < 4.78 is 12.5. The number of rotatable bonds is 5. The van der Waals surface area contributed by atoms with Crippen molar-refractivity contribution in [2.75, 3.05) is 20.1 Å². The van der Waals surface area contributed by atoms with E-state index in [1.54, 1.807) is 0 Å². The van der Waals surface area contributed by atoms with E-state index in [0.717, 1.165) is 32.4 Å². The van der Waals surface area contributed by atoms with Gasteiger partial charge in [0.15, 0.2) is 0 Å². The Morgan fingerprint density at radius 1 is 0.864 bits per heavy atom. The van der Waals surface area contributed by atoms with Crippen molar-refractivity contribution in [3.63, 3.8) is 0 Å². The van der Waals surface area contributed by atoms with Crippen LogP contribution >= 0.6 is 0 Å². The summed E-state index contributed by atoms with van der Waals surface area (Å²) in [5.74, 6) is 0. The van der Waals surface area contributed by atoms with Crippen LogP contribution in [-0.4, -0.2) is 49.5 Å². The minimum Gasteiger partial charge on any atom is -0.372 e. The van der Waals surface area contributed by atoms with E-state index in [4.69, 9.17) is 9.47 Å². The molecule has 3 nitrogen and oxygen atoms in total. The topological polar surface area (TPSA) is 21.7 Å². The summed E-state index contributed by atoms with van der Waals surface area (Å²) in [6, 6.07) is 0. The van der Waals surface area contributed by atoms with Crippen LogP contribution in [0.3, 0.4) is 0 Å². The molecule has 2 heterocycles. The fourth-order valence-electron chi connectivity index (χ4n) is 3.61. The van der Waals surface area contributed by atoms with E-state index < -0.39 is 0 Å². The van der Waals surface area contributed by atoms with Gasteiger partial charge in [-0.25, -0.2) is 0 Å². The van der Waals surface area contributed by atoms with Gasteiger partial charge in [-0.1, -0.05) is 41.5 Å². The van der Waals surface area contributed by atoms with Crippen LogP contribution in [0.2, 0.25) is 0 Å². The molecule has 0 aromatic rings. The van der Waals surface area contributed by atoms with Gasteiger partial charge in [-0.05, 0) is 37.3 Å². The van der Waals surface area contributed by atoms with Crippen molar-refractivity contribution in [3.8, 4) is 0 Å². The van der Waals surface area contributed by atoms with Gasteiger partial charge in [0.1, 0.15) is 0 Å². The highest BCUT2D eigenvalue weighted by Gasteiger charge is 2.44. The normalized spacial score (nSPS) is 32.7. The Labute approximate surface area is 137 Å². The summed E-state index contributed by atoms with van der Waals surface area (Å²) in [5.41, 5.74) is 0.750. The van der Waals surface area contributed by atoms with E-state index in [1.807, 2.05) is 0 Å². The first kappa shape index (κ1) is 18.2. The van der Waals surface area contributed by atoms with E-state index in [0.29, 0.717) is 35.2 Å².